The summed E-state index contributed by atoms with van der Waals surface area (Å²) in [6, 6.07) is 14.0. The summed E-state index contributed by atoms with van der Waals surface area (Å²) in [5.74, 6) is 0. The number of hydrogen-bond donors (Lipinski definition) is 0. The van der Waals surface area contributed by atoms with E-state index in [2.05, 4.69) is 20.8 Å². The maximum atomic E-state index is 13.2. The SMILES string of the molecule is CC(C)(C)CCCN(c1ccccc1[N+](=O)[O-])S(=O)(=O)c1ccccc1. The Kier molecular flexibility index (Phi) is 6.02. The van der Waals surface area contributed by atoms with Crippen molar-refractivity contribution in [2.45, 2.75) is 38.5 Å². The summed E-state index contributed by atoms with van der Waals surface area (Å²) < 4.78 is 27.5. The monoisotopic (exact) mass is 376 g/mol. The fourth-order valence-electron chi connectivity index (χ4n) is 2.67. The van der Waals surface area contributed by atoms with Gasteiger partial charge in [-0.15, -0.1) is 0 Å². The van der Waals surface area contributed by atoms with E-state index in [1.807, 2.05) is 0 Å². The third-order valence-electron chi connectivity index (χ3n) is 3.97. The van der Waals surface area contributed by atoms with Crippen LogP contribution in [-0.4, -0.2) is 19.9 Å². The van der Waals surface area contributed by atoms with Gasteiger partial charge in [0.2, 0.25) is 0 Å². The summed E-state index contributed by atoms with van der Waals surface area (Å²) in [5.41, 5.74) is -0.0804. The van der Waals surface area contributed by atoms with E-state index in [-0.39, 0.29) is 28.2 Å². The first-order valence-electron chi connectivity index (χ1n) is 8.44. The Labute approximate surface area is 154 Å². The minimum atomic E-state index is -3.90. The van der Waals surface area contributed by atoms with Crippen molar-refractivity contribution in [1.29, 1.82) is 0 Å². The van der Waals surface area contributed by atoms with Gasteiger partial charge in [-0.1, -0.05) is 51.1 Å². The van der Waals surface area contributed by atoms with Gasteiger partial charge in [0.1, 0.15) is 5.69 Å². The summed E-state index contributed by atoms with van der Waals surface area (Å²) >= 11 is 0. The molecular weight excluding hydrogens is 352 g/mol. The molecule has 0 radical (unpaired) electrons. The average Bonchev–Trinajstić information content (AvgIpc) is 2.58. The molecule has 0 aliphatic carbocycles. The lowest BCUT2D eigenvalue weighted by molar-refractivity contribution is -0.384. The lowest BCUT2D eigenvalue weighted by Crippen LogP contribution is -2.33. The van der Waals surface area contributed by atoms with Gasteiger partial charge >= 0.3 is 0 Å². The summed E-state index contributed by atoms with van der Waals surface area (Å²) in [6.45, 7) is 6.41. The molecule has 0 aliphatic heterocycles. The standard InChI is InChI=1S/C19H24N2O4S/c1-19(2,3)14-9-15-20(17-12-7-8-13-18(17)21(22)23)26(24,25)16-10-5-4-6-11-16/h4-8,10-13H,9,14-15H2,1-3H3. The summed E-state index contributed by atoms with van der Waals surface area (Å²) in [5, 5.41) is 11.4. The van der Waals surface area contributed by atoms with Gasteiger partial charge in [0, 0.05) is 12.6 Å². The van der Waals surface area contributed by atoms with Crippen LogP contribution in [0.2, 0.25) is 0 Å². The molecule has 6 nitrogen and oxygen atoms in total. The van der Waals surface area contributed by atoms with Gasteiger partial charge in [-0.3, -0.25) is 14.4 Å². The Morgan fingerprint density at radius 3 is 2.15 bits per heavy atom. The van der Waals surface area contributed by atoms with Crippen molar-refractivity contribution in [3.63, 3.8) is 0 Å². The van der Waals surface area contributed by atoms with Crippen molar-refractivity contribution < 1.29 is 13.3 Å². The van der Waals surface area contributed by atoms with Crippen molar-refractivity contribution in [2.75, 3.05) is 10.8 Å². The number of rotatable bonds is 7. The fourth-order valence-corrected chi connectivity index (χ4v) is 4.21. The number of nitrogens with zero attached hydrogens (tertiary/aromatic N) is 2. The Hall–Kier alpha value is -2.41. The third kappa shape index (κ3) is 4.82. The molecule has 0 fully saturated rings. The lowest BCUT2D eigenvalue weighted by Gasteiger charge is -2.26. The van der Waals surface area contributed by atoms with Crippen LogP contribution in [0.3, 0.4) is 0 Å². The number of sulfonamides is 1. The molecule has 0 N–H and O–H groups in total. The highest BCUT2D eigenvalue weighted by atomic mass is 32.2. The van der Waals surface area contributed by atoms with Crippen molar-refractivity contribution in [3.05, 3.63) is 64.7 Å². The maximum absolute atomic E-state index is 13.2. The van der Waals surface area contributed by atoms with Crippen LogP contribution in [-0.2, 0) is 10.0 Å². The molecule has 0 aromatic heterocycles. The molecule has 2 aromatic rings. The predicted molar refractivity (Wildman–Crippen MR) is 103 cm³/mol. The van der Waals surface area contributed by atoms with Crippen LogP contribution in [0, 0.1) is 15.5 Å². The van der Waals surface area contributed by atoms with E-state index in [1.165, 1.54) is 30.3 Å². The van der Waals surface area contributed by atoms with Gasteiger partial charge in [-0.25, -0.2) is 8.42 Å². The normalized spacial score (nSPS) is 12.0. The average molecular weight is 376 g/mol. The van der Waals surface area contributed by atoms with Crippen LogP contribution in [0.4, 0.5) is 11.4 Å². The molecule has 0 saturated heterocycles. The van der Waals surface area contributed by atoms with E-state index in [9.17, 15) is 18.5 Å². The van der Waals surface area contributed by atoms with Crippen LogP contribution in [0.25, 0.3) is 0 Å². The van der Waals surface area contributed by atoms with Crippen LogP contribution in [0.15, 0.2) is 59.5 Å². The first-order valence-corrected chi connectivity index (χ1v) is 9.88. The number of benzene rings is 2. The molecule has 26 heavy (non-hydrogen) atoms. The van der Waals surface area contributed by atoms with Gasteiger partial charge in [-0.2, -0.15) is 0 Å². The van der Waals surface area contributed by atoms with E-state index < -0.39 is 14.9 Å². The molecule has 2 rings (SSSR count). The number of para-hydroxylation sites is 2. The quantitative estimate of drug-likeness (QED) is 0.522. The highest BCUT2D eigenvalue weighted by molar-refractivity contribution is 7.92. The molecule has 7 heteroatoms. The number of anilines is 1. The summed E-state index contributed by atoms with van der Waals surface area (Å²) in [7, 11) is -3.90. The van der Waals surface area contributed by atoms with Gasteiger partial charge in [-0.05, 0) is 36.5 Å². The predicted octanol–water partition coefficient (Wildman–Crippen LogP) is 4.62. The van der Waals surface area contributed by atoms with E-state index in [4.69, 9.17) is 0 Å². The highest BCUT2D eigenvalue weighted by Gasteiger charge is 2.30. The van der Waals surface area contributed by atoms with E-state index in [0.717, 1.165) is 10.7 Å². The zero-order valence-corrected chi connectivity index (χ0v) is 16.1. The van der Waals surface area contributed by atoms with Crippen molar-refractivity contribution in [1.82, 2.24) is 0 Å². The van der Waals surface area contributed by atoms with Crippen LogP contribution in [0.5, 0.6) is 0 Å². The Morgan fingerprint density at radius 1 is 1.00 bits per heavy atom. The highest BCUT2D eigenvalue weighted by Crippen LogP contribution is 2.33. The summed E-state index contributed by atoms with van der Waals surface area (Å²) in [6.07, 6.45) is 1.40. The Bertz CT molecular complexity index is 859. The maximum Gasteiger partial charge on any atom is 0.293 e. The van der Waals surface area contributed by atoms with Crippen molar-refractivity contribution >= 4 is 21.4 Å². The molecule has 2 aromatic carbocycles. The van der Waals surface area contributed by atoms with Crippen molar-refractivity contribution in [2.24, 2.45) is 5.41 Å². The van der Waals surface area contributed by atoms with Gasteiger partial charge < -0.3 is 0 Å². The van der Waals surface area contributed by atoms with E-state index in [0.29, 0.717) is 6.42 Å². The van der Waals surface area contributed by atoms with Crippen LogP contribution < -0.4 is 4.31 Å². The molecule has 0 heterocycles. The Balaban J connectivity index is 2.48. The molecule has 0 amide bonds. The number of hydrogen-bond acceptors (Lipinski definition) is 4. The van der Waals surface area contributed by atoms with E-state index in [1.54, 1.807) is 24.3 Å². The largest absolute Gasteiger partial charge is 0.293 e. The summed E-state index contributed by atoms with van der Waals surface area (Å²) in [4.78, 5) is 11.0. The van der Waals surface area contributed by atoms with E-state index >= 15 is 0 Å². The second kappa shape index (κ2) is 7.86. The minimum Gasteiger partial charge on any atom is -0.259 e. The van der Waals surface area contributed by atoms with Gasteiger partial charge in [0.15, 0.2) is 0 Å². The van der Waals surface area contributed by atoms with Crippen LogP contribution in [0.1, 0.15) is 33.6 Å². The molecule has 0 atom stereocenters. The first kappa shape index (κ1) is 19.9. The van der Waals surface area contributed by atoms with Gasteiger partial charge in [0.25, 0.3) is 15.7 Å². The first-order chi connectivity index (χ1) is 12.1. The number of nitro benzene ring substituents is 1. The molecule has 0 bridgehead atoms. The van der Waals surface area contributed by atoms with Gasteiger partial charge in [0.05, 0.1) is 9.82 Å². The molecule has 0 unspecified atom stereocenters. The topological polar surface area (TPSA) is 80.5 Å². The second-order valence-corrected chi connectivity index (χ2v) is 9.16. The van der Waals surface area contributed by atoms with Crippen LogP contribution >= 0.6 is 0 Å². The molecule has 140 valence electrons. The zero-order valence-electron chi connectivity index (χ0n) is 15.3. The second-order valence-electron chi connectivity index (χ2n) is 7.30. The zero-order chi connectivity index (χ0) is 19.4. The minimum absolute atomic E-state index is 0.0464. The Morgan fingerprint density at radius 2 is 1.58 bits per heavy atom. The van der Waals surface area contributed by atoms with Crippen molar-refractivity contribution in [3.8, 4) is 0 Å². The molecule has 0 spiro atoms. The fraction of sp³-hybridized carbons (Fsp3) is 0.368. The molecule has 0 saturated carbocycles. The lowest BCUT2D eigenvalue weighted by atomic mass is 9.91. The molecular formula is C19H24N2O4S. The smallest absolute Gasteiger partial charge is 0.259 e. The number of nitro groups is 1. The third-order valence-corrected chi connectivity index (χ3v) is 5.79. The molecule has 0 aliphatic rings.